The fourth-order valence-electron chi connectivity index (χ4n) is 5.60. The molecule has 3 rings (SSSR count). The van der Waals surface area contributed by atoms with Gasteiger partial charge in [-0.15, -0.1) is 0 Å². The highest BCUT2D eigenvalue weighted by atomic mass is 16.5. The van der Waals surface area contributed by atoms with Gasteiger partial charge in [0.15, 0.2) is 0 Å². The van der Waals surface area contributed by atoms with Crippen molar-refractivity contribution in [3.63, 3.8) is 0 Å². The van der Waals surface area contributed by atoms with Crippen LogP contribution in [0, 0.1) is 11.8 Å². The molecular formula is C40H67N5O9. The molecule has 5 atom stereocenters. The third-order valence-corrected chi connectivity index (χ3v) is 7.89. The van der Waals surface area contributed by atoms with Crippen LogP contribution in [0.5, 0.6) is 0 Å². The summed E-state index contributed by atoms with van der Waals surface area (Å²) < 4.78 is 16.5. The number of carbonyl (C=O) groups is 4. The lowest BCUT2D eigenvalue weighted by molar-refractivity contribution is -0.143. The molecule has 14 heteroatoms. The number of rotatable bonds is 19. The fraction of sp³-hybridized carbons (Fsp3) is 0.600. The van der Waals surface area contributed by atoms with Crippen LogP contribution in [0.25, 0.3) is 0 Å². The van der Waals surface area contributed by atoms with E-state index in [1.807, 2.05) is 95.3 Å². The molecule has 5 unspecified atom stereocenters. The molecule has 0 bridgehead atoms. The van der Waals surface area contributed by atoms with Crippen molar-refractivity contribution in [3.8, 4) is 0 Å². The largest absolute Gasteiger partial charge is 0.394 e. The molecule has 0 spiro atoms. The number of primary amides is 1. The number of aliphatic hydroxyl groups is 2. The van der Waals surface area contributed by atoms with Gasteiger partial charge < -0.3 is 51.0 Å². The lowest BCUT2D eigenvalue weighted by Crippen LogP contribution is -2.57. The molecule has 0 aliphatic carbocycles. The van der Waals surface area contributed by atoms with E-state index in [4.69, 9.17) is 30.2 Å². The Morgan fingerprint density at radius 1 is 0.852 bits per heavy atom. The molecule has 306 valence electrons. The van der Waals surface area contributed by atoms with E-state index in [2.05, 4.69) is 16.0 Å². The van der Waals surface area contributed by atoms with Crippen molar-refractivity contribution in [2.24, 2.45) is 17.6 Å². The Hall–Kier alpha value is -4.08. The van der Waals surface area contributed by atoms with E-state index in [1.165, 1.54) is 6.92 Å². The van der Waals surface area contributed by atoms with Gasteiger partial charge in [0.25, 0.3) is 0 Å². The number of nitrogens with one attached hydrogen (secondary N) is 3. The van der Waals surface area contributed by atoms with Gasteiger partial charge in [-0.1, -0.05) is 95.3 Å². The van der Waals surface area contributed by atoms with Gasteiger partial charge in [0.05, 0.1) is 52.4 Å². The molecule has 1 aliphatic heterocycles. The quantitative estimate of drug-likeness (QED) is 0.116. The number of nitrogens with zero attached hydrogens (tertiary/aromatic N) is 1. The van der Waals surface area contributed by atoms with Gasteiger partial charge in [-0.05, 0) is 42.7 Å². The molecule has 54 heavy (non-hydrogen) atoms. The molecule has 2 aromatic carbocycles. The number of amides is 5. The zero-order valence-electron chi connectivity index (χ0n) is 33.4. The summed E-state index contributed by atoms with van der Waals surface area (Å²) >= 11 is 0. The van der Waals surface area contributed by atoms with Crippen LogP contribution < -0.4 is 21.7 Å². The number of urea groups is 1. The first-order valence-corrected chi connectivity index (χ1v) is 19.0. The normalized spacial score (nSPS) is 16.3. The van der Waals surface area contributed by atoms with Crippen molar-refractivity contribution in [2.45, 2.75) is 92.7 Å². The minimum atomic E-state index is -0.887. The second-order valence-corrected chi connectivity index (χ2v) is 12.3. The van der Waals surface area contributed by atoms with Crippen LogP contribution in [0.2, 0.25) is 0 Å². The number of hydrogen-bond donors (Lipinski definition) is 6. The Morgan fingerprint density at radius 3 is 1.94 bits per heavy atom. The van der Waals surface area contributed by atoms with Crippen molar-refractivity contribution in [1.29, 1.82) is 0 Å². The van der Waals surface area contributed by atoms with E-state index in [9.17, 15) is 19.2 Å². The summed E-state index contributed by atoms with van der Waals surface area (Å²) in [5, 5.41) is 25.3. The maximum absolute atomic E-state index is 13.7. The standard InChI is InChI=1S/C29H47N5O8.C7H8O.2C2H6/c1-20-15-24(16-25(33-29(30)39)27(37)31-9-11-40-13-14-41-12-10-35)18-34(17-20)28(38)26(32-22(3)36)21(2)42-19-23-7-5-4-6-8-23;8-6-7-4-2-1-3-5-7;2*1-2/h4-8,20-21,24-26,35H,9-19H2,1-3H3,(H,31,37)(H,32,36)(H3,30,33,39);1-5,8H,6H2;2*1-2H3. The van der Waals surface area contributed by atoms with Gasteiger partial charge in [0.1, 0.15) is 12.1 Å². The van der Waals surface area contributed by atoms with E-state index < -0.39 is 30.1 Å². The number of carbonyl (C=O) groups excluding carboxylic acids is 4. The maximum Gasteiger partial charge on any atom is 0.312 e. The zero-order chi connectivity index (χ0) is 40.7. The average molecular weight is 762 g/mol. The number of aliphatic hydroxyl groups excluding tert-OH is 2. The SMILES string of the molecule is CC.CC.CC(=O)NC(C(=O)N1CC(C)CC(CC(NC(N)=O)C(=O)NCCOCCOCCO)C1)C(C)OCc1ccccc1.OCc1ccccc1. The summed E-state index contributed by atoms with van der Waals surface area (Å²) in [6, 6.07) is 16.5. The van der Waals surface area contributed by atoms with Crippen LogP contribution in [-0.4, -0.2) is 110 Å². The number of hydrogen-bond acceptors (Lipinski definition) is 9. The highest BCUT2D eigenvalue weighted by Crippen LogP contribution is 2.26. The molecule has 14 nitrogen and oxygen atoms in total. The van der Waals surface area contributed by atoms with Crippen molar-refractivity contribution in [1.82, 2.24) is 20.9 Å². The van der Waals surface area contributed by atoms with Crippen LogP contribution in [0.3, 0.4) is 0 Å². The van der Waals surface area contributed by atoms with Crippen LogP contribution in [-0.2, 0) is 41.8 Å². The van der Waals surface area contributed by atoms with E-state index in [-0.39, 0.29) is 63.0 Å². The van der Waals surface area contributed by atoms with E-state index >= 15 is 0 Å². The van der Waals surface area contributed by atoms with Crippen LogP contribution in [0.4, 0.5) is 4.79 Å². The minimum absolute atomic E-state index is 0.0613. The van der Waals surface area contributed by atoms with Crippen molar-refractivity contribution >= 4 is 23.8 Å². The van der Waals surface area contributed by atoms with Gasteiger partial charge in [-0.25, -0.2) is 4.79 Å². The summed E-state index contributed by atoms with van der Waals surface area (Å²) in [4.78, 5) is 52.0. The first-order valence-electron chi connectivity index (χ1n) is 19.0. The van der Waals surface area contributed by atoms with Gasteiger partial charge in [0.2, 0.25) is 17.7 Å². The Morgan fingerprint density at radius 2 is 1.43 bits per heavy atom. The smallest absolute Gasteiger partial charge is 0.312 e. The second kappa shape index (κ2) is 31.3. The third kappa shape index (κ3) is 22.2. The van der Waals surface area contributed by atoms with E-state index in [0.717, 1.165) is 17.5 Å². The van der Waals surface area contributed by atoms with Gasteiger partial charge in [-0.3, -0.25) is 14.4 Å². The topological polar surface area (TPSA) is 202 Å². The Balaban J connectivity index is 0.00000201. The fourth-order valence-corrected chi connectivity index (χ4v) is 5.60. The number of nitrogens with two attached hydrogens (primary N) is 1. The molecule has 0 aromatic heterocycles. The Bertz CT molecular complexity index is 1270. The summed E-state index contributed by atoms with van der Waals surface area (Å²) in [6.45, 7) is 15.7. The van der Waals surface area contributed by atoms with Crippen LogP contribution in [0.15, 0.2) is 60.7 Å². The van der Waals surface area contributed by atoms with E-state index in [0.29, 0.717) is 32.9 Å². The summed E-state index contributed by atoms with van der Waals surface area (Å²) in [5.74, 6) is -0.965. The lowest BCUT2D eigenvalue weighted by Gasteiger charge is -2.40. The first-order chi connectivity index (χ1) is 26.0. The molecule has 0 radical (unpaired) electrons. The van der Waals surface area contributed by atoms with Gasteiger partial charge >= 0.3 is 6.03 Å². The zero-order valence-corrected chi connectivity index (χ0v) is 33.4. The highest BCUT2D eigenvalue weighted by Gasteiger charge is 2.36. The average Bonchev–Trinajstić information content (AvgIpc) is 3.18. The second-order valence-electron chi connectivity index (χ2n) is 12.3. The van der Waals surface area contributed by atoms with Crippen molar-refractivity contribution < 1.29 is 43.6 Å². The van der Waals surface area contributed by atoms with Crippen LogP contribution in [0.1, 0.15) is 72.4 Å². The minimum Gasteiger partial charge on any atom is -0.394 e. The Labute approximate surface area is 322 Å². The molecule has 2 aromatic rings. The predicted molar refractivity (Wildman–Crippen MR) is 210 cm³/mol. The summed E-state index contributed by atoms with van der Waals surface area (Å²) in [6.07, 6.45) is 0.440. The Kier molecular flexibility index (Phi) is 28.9. The molecule has 5 amide bonds. The van der Waals surface area contributed by atoms with Gasteiger partial charge in [0, 0.05) is 26.6 Å². The number of piperidine rings is 1. The molecular weight excluding hydrogens is 694 g/mol. The lowest BCUT2D eigenvalue weighted by atomic mass is 9.85. The maximum atomic E-state index is 13.7. The van der Waals surface area contributed by atoms with Crippen molar-refractivity contribution in [2.75, 3.05) is 52.7 Å². The molecule has 0 saturated carbocycles. The third-order valence-electron chi connectivity index (χ3n) is 7.89. The number of ether oxygens (including phenoxy) is 3. The number of likely N-dealkylation sites (tertiary alicyclic amines) is 1. The number of benzene rings is 2. The predicted octanol–water partition coefficient (Wildman–Crippen LogP) is 3.38. The highest BCUT2D eigenvalue weighted by molar-refractivity contribution is 5.88. The van der Waals surface area contributed by atoms with Gasteiger partial charge in [-0.2, -0.15) is 0 Å². The summed E-state index contributed by atoms with van der Waals surface area (Å²) in [7, 11) is 0. The molecule has 1 fully saturated rings. The molecule has 1 heterocycles. The molecule has 7 N–H and O–H groups in total. The first kappa shape index (κ1) is 49.9. The summed E-state index contributed by atoms with van der Waals surface area (Å²) in [5.41, 5.74) is 7.28. The van der Waals surface area contributed by atoms with E-state index in [1.54, 1.807) is 11.8 Å². The molecule has 1 saturated heterocycles. The monoisotopic (exact) mass is 761 g/mol. The van der Waals surface area contributed by atoms with Crippen LogP contribution >= 0.6 is 0 Å². The molecule has 1 aliphatic rings. The van der Waals surface area contributed by atoms with Crippen molar-refractivity contribution in [3.05, 3.63) is 71.8 Å².